The van der Waals surface area contributed by atoms with Crippen molar-refractivity contribution in [2.45, 2.75) is 33.6 Å². The summed E-state index contributed by atoms with van der Waals surface area (Å²) in [6, 6.07) is 9.39. The molecule has 130 valence electrons. The van der Waals surface area contributed by atoms with E-state index in [-0.39, 0.29) is 5.91 Å². The van der Waals surface area contributed by atoms with Crippen LogP contribution in [-0.4, -0.2) is 43.5 Å². The molecule has 0 aliphatic heterocycles. The number of carbonyl (C=O) groups excluding carboxylic acids is 1. The quantitative estimate of drug-likeness (QED) is 0.692. The molecular weight excluding hydrogens is 314 g/mol. The molecule has 25 heavy (non-hydrogen) atoms. The Morgan fingerprint density at radius 3 is 2.52 bits per heavy atom. The van der Waals surface area contributed by atoms with Crippen LogP contribution in [0, 0.1) is 6.92 Å². The van der Waals surface area contributed by atoms with Gasteiger partial charge >= 0.3 is 0 Å². The fourth-order valence-electron chi connectivity index (χ4n) is 2.89. The summed E-state index contributed by atoms with van der Waals surface area (Å²) in [5.41, 5.74) is 3.55. The molecule has 0 N–H and O–H groups in total. The van der Waals surface area contributed by atoms with Gasteiger partial charge < -0.3 is 4.90 Å². The van der Waals surface area contributed by atoms with Gasteiger partial charge in [-0.1, -0.05) is 19.9 Å². The average Bonchev–Trinajstić information content (AvgIpc) is 3.06. The second kappa shape index (κ2) is 7.42. The molecule has 6 nitrogen and oxygen atoms in total. The Labute approximate surface area is 147 Å². The summed E-state index contributed by atoms with van der Waals surface area (Å²) in [6.07, 6.45) is 3.61. The predicted molar refractivity (Wildman–Crippen MR) is 97.4 cm³/mol. The number of amides is 1. The highest BCUT2D eigenvalue weighted by atomic mass is 16.2. The van der Waals surface area contributed by atoms with Crippen molar-refractivity contribution >= 4 is 11.6 Å². The first-order valence-electron chi connectivity index (χ1n) is 8.72. The van der Waals surface area contributed by atoms with Crippen LogP contribution >= 0.6 is 0 Å². The van der Waals surface area contributed by atoms with E-state index in [0.29, 0.717) is 11.3 Å². The molecule has 3 rings (SSSR count). The van der Waals surface area contributed by atoms with Crippen LogP contribution in [0.4, 0.5) is 0 Å². The van der Waals surface area contributed by atoms with Crippen molar-refractivity contribution in [3.05, 3.63) is 47.9 Å². The van der Waals surface area contributed by atoms with Crippen LogP contribution in [0.25, 0.3) is 17.0 Å². The molecule has 0 atom stereocenters. The highest BCUT2D eigenvalue weighted by Crippen LogP contribution is 2.18. The zero-order valence-corrected chi connectivity index (χ0v) is 14.9. The molecule has 0 aromatic carbocycles. The van der Waals surface area contributed by atoms with Crippen LogP contribution in [0.5, 0.6) is 0 Å². The van der Waals surface area contributed by atoms with Crippen molar-refractivity contribution in [2.24, 2.45) is 0 Å². The lowest BCUT2D eigenvalue weighted by Crippen LogP contribution is -2.33. The van der Waals surface area contributed by atoms with Crippen LogP contribution in [0.15, 0.2) is 36.5 Å². The van der Waals surface area contributed by atoms with Gasteiger partial charge in [0.05, 0.1) is 5.69 Å². The third-order valence-corrected chi connectivity index (χ3v) is 4.03. The minimum absolute atomic E-state index is 0.0186. The maximum Gasteiger partial charge on any atom is 0.272 e. The Morgan fingerprint density at radius 2 is 1.88 bits per heavy atom. The molecule has 0 bridgehead atoms. The summed E-state index contributed by atoms with van der Waals surface area (Å²) >= 11 is 0. The van der Waals surface area contributed by atoms with Gasteiger partial charge in [-0.3, -0.25) is 9.78 Å². The lowest BCUT2D eigenvalue weighted by atomic mass is 10.2. The number of hydrogen-bond donors (Lipinski definition) is 0. The van der Waals surface area contributed by atoms with E-state index in [1.807, 2.05) is 42.2 Å². The van der Waals surface area contributed by atoms with E-state index in [9.17, 15) is 4.79 Å². The predicted octanol–water partition coefficient (Wildman–Crippen LogP) is 3.36. The van der Waals surface area contributed by atoms with Crippen molar-refractivity contribution < 1.29 is 4.79 Å². The van der Waals surface area contributed by atoms with Gasteiger partial charge in [0, 0.05) is 31.0 Å². The molecule has 3 aromatic heterocycles. The Kier molecular flexibility index (Phi) is 5.07. The summed E-state index contributed by atoms with van der Waals surface area (Å²) in [5, 5.41) is 4.57. The van der Waals surface area contributed by atoms with E-state index < -0.39 is 0 Å². The molecule has 0 saturated heterocycles. The fourth-order valence-corrected chi connectivity index (χ4v) is 2.89. The topological polar surface area (TPSA) is 63.4 Å². The maximum atomic E-state index is 12.8. The van der Waals surface area contributed by atoms with Gasteiger partial charge in [-0.25, -0.2) is 9.50 Å². The summed E-state index contributed by atoms with van der Waals surface area (Å²) in [6.45, 7) is 7.58. The molecule has 3 aromatic rings. The molecular formula is C19H23N5O. The molecule has 0 spiro atoms. The van der Waals surface area contributed by atoms with Crippen molar-refractivity contribution in [2.75, 3.05) is 13.1 Å². The molecule has 0 fully saturated rings. The Bertz CT molecular complexity index is 866. The zero-order chi connectivity index (χ0) is 17.8. The largest absolute Gasteiger partial charge is 0.337 e. The molecule has 1 amide bonds. The van der Waals surface area contributed by atoms with Crippen LogP contribution in [-0.2, 0) is 0 Å². The van der Waals surface area contributed by atoms with Gasteiger partial charge in [-0.05, 0) is 38.0 Å². The fraction of sp³-hybridized carbons (Fsp3) is 0.368. The normalized spacial score (nSPS) is 11.0. The smallest absolute Gasteiger partial charge is 0.272 e. The van der Waals surface area contributed by atoms with E-state index in [2.05, 4.69) is 28.9 Å². The first-order valence-corrected chi connectivity index (χ1v) is 8.72. The number of pyridine rings is 1. The van der Waals surface area contributed by atoms with Gasteiger partial charge in [0.2, 0.25) is 0 Å². The third kappa shape index (κ3) is 3.52. The van der Waals surface area contributed by atoms with Gasteiger partial charge in [0.1, 0.15) is 11.4 Å². The molecule has 0 unspecified atom stereocenters. The number of nitrogens with zero attached hydrogens (tertiary/aromatic N) is 5. The van der Waals surface area contributed by atoms with Crippen molar-refractivity contribution in [3.63, 3.8) is 0 Å². The van der Waals surface area contributed by atoms with Crippen LogP contribution in [0.3, 0.4) is 0 Å². The second-order valence-electron chi connectivity index (χ2n) is 6.09. The van der Waals surface area contributed by atoms with Gasteiger partial charge in [0.15, 0.2) is 5.65 Å². The van der Waals surface area contributed by atoms with Crippen molar-refractivity contribution in [3.8, 4) is 11.4 Å². The number of aryl methyl sites for hydroxylation is 1. The van der Waals surface area contributed by atoms with Gasteiger partial charge in [-0.2, -0.15) is 5.10 Å². The van der Waals surface area contributed by atoms with E-state index in [4.69, 9.17) is 0 Å². The first-order chi connectivity index (χ1) is 12.1. The molecule has 0 aliphatic carbocycles. The SMILES string of the molecule is CCCN(CCC)C(=O)c1cc(C)n2nc(-c3ccccn3)cc2n1. The minimum atomic E-state index is -0.0186. The zero-order valence-electron chi connectivity index (χ0n) is 14.9. The van der Waals surface area contributed by atoms with Crippen LogP contribution in [0.2, 0.25) is 0 Å². The number of carbonyl (C=O) groups is 1. The number of aromatic nitrogens is 4. The van der Waals surface area contributed by atoms with E-state index >= 15 is 0 Å². The average molecular weight is 337 g/mol. The van der Waals surface area contributed by atoms with Gasteiger partial charge in [0.25, 0.3) is 5.91 Å². The number of rotatable bonds is 6. The highest BCUT2D eigenvalue weighted by Gasteiger charge is 2.18. The van der Waals surface area contributed by atoms with Crippen molar-refractivity contribution in [1.29, 1.82) is 0 Å². The summed E-state index contributed by atoms with van der Waals surface area (Å²) in [7, 11) is 0. The molecule has 0 radical (unpaired) electrons. The summed E-state index contributed by atoms with van der Waals surface area (Å²) in [4.78, 5) is 23.6. The lowest BCUT2D eigenvalue weighted by molar-refractivity contribution is 0.0749. The lowest BCUT2D eigenvalue weighted by Gasteiger charge is -2.21. The standard InChI is InChI=1S/C19H23N5O/c1-4-10-23(11-5-2)19(25)17-12-14(3)24-18(21-17)13-16(22-24)15-8-6-7-9-20-15/h6-9,12-13H,4-5,10-11H2,1-3H3. The first kappa shape index (κ1) is 17.1. The Morgan fingerprint density at radius 1 is 1.12 bits per heavy atom. The minimum Gasteiger partial charge on any atom is -0.337 e. The number of fused-ring (bicyclic) bond motifs is 1. The van der Waals surface area contributed by atoms with E-state index in [0.717, 1.165) is 43.0 Å². The molecule has 6 heteroatoms. The van der Waals surface area contributed by atoms with Gasteiger partial charge in [-0.15, -0.1) is 0 Å². The molecule has 0 aliphatic rings. The van der Waals surface area contributed by atoms with E-state index in [1.165, 1.54) is 0 Å². The Hall–Kier alpha value is -2.76. The van der Waals surface area contributed by atoms with Crippen LogP contribution in [0.1, 0.15) is 42.9 Å². The summed E-state index contributed by atoms with van der Waals surface area (Å²) < 4.78 is 1.75. The summed E-state index contributed by atoms with van der Waals surface area (Å²) in [5.74, 6) is -0.0186. The molecule has 3 heterocycles. The number of hydrogen-bond acceptors (Lipinski definition) is 4. The molecule has 0 saturated carbocycles. The Balaban J connectivity index is 1.99. The van der Waals surface area contributed by atoms with Crippen molar-refractivity contribution in [1.82, 2.24) is 24.5 Å². The van der Waals surface area contributed by atoms with Crippen LogP contribution < -0.4 is 0 Å². The highest BCUT2D eigenvalue weighted by molar-refractivity contribution is 5.93. The van der Waals surface area contributed by atoms with E-state index in [1.54, 1.807) is 10.7 Å². The second-order valence-corrected chi connectivity index (χ2v) is 6.09. The monoisotopic (exact) mass is 337 g/mol. The third-order valence-electron chi connectivity index (χ3n) is 4.03. The maximum absolute atomic E-state index is 12.8.